The molecule has 144 valence electrons. The van der Waals surface area contributed by atoms with Gasteiger partial charge < -0.3 is 14.6 Å². The Morgan fingerprint density at radius 3 is 2.54 bits per heavy atom. The second-order valence-corrected chi connectivity index (χ2v) is 8.16. The van der Waals surface area contributed by atoms with Gasteiger partial charge in [0.05, 0.1) is 30.4 Å². The first kappa shape index (κ1) is 20.3. The SMILES string of the molecule is COc1cc(C)c(S(=O)(=O)N2CCCCC2COC=CC(=O)O)c(C)c1. The number of carbonyl (C=O) groups is 1. The van der Waals surface area contributed by atoms with Crippen LogP contribution in [-0.2, 0) is 19.6 Å². The van der Waals surface area contributed by atoms with E-state index in [0.29, 0.717) is 34.7 Å². The van der Waals surface area contributed by atoms with E-state index in [2.05, 4.69) is 0 Å². The average Bonchev–Trinajstić information content (AvgIpc) is 2.57. The van der Waals surface area contributed by atoms with Crippen LogP contribution in [0, 0.1) is 13.8 Å². The Balaban J connectivity index is 2.29. The molecule has 1 saturated heterocycles. The zero-order valence-electron chi connectivity index (χ0n) is 15.3. The van der Waals surface area contributed by atoms with Gasteiger partial charge in [0.2, 0.25) is 10.0 Å². The summed E-state index contributed by atoms with van der Waals surface area (Å²) in [4.78, 5) is 10.8. The molecule has 0 aliphatic carbocycles. The molecule has 1 N–H and O–H groups in total. The fourth-order valence-electron chi connectivity index (χ4n) is 3.28. The highest BCUT2D eigenvalue weighted by atomic mass is 32.2. The van der Waals surface area contributed by atoms with Crippen LogP contribution in [0.5, 0.6) is 5.75 Å². The number of piperidine rings is 1. The van der Waals surface area contributed by atoms with E-state index in [-0.39, 0.29) is 12.6 Å². The Morgan fingerprint density at radius 1 is 1.31 bits per heavy atom. The maximum atomic E-state index is 13.3. The lowest BCUT2D eigenvalue weighted by Gasteiger charge is -2.35. The molecule has 26 heavy (non-hydrogen) atoms. The van der Waals surface area contributed by atoms with Crippen LogP contribution in [-0.4, -0.2) is 50.1 Å². The number of aliphatic carboxylic acids is 1. The first-order valence-corrected chi connectivity index (χ1v) is 9.89. The fraction of sp³-hybridized carbons (Fsp3) is 0.500. The number of rotatable bonds is 7. The third-order valence-corrected chi connectivity index (χ3v) is 6.66. The molecular weight excluding hydrogens is 358 g/mol. The molecule has 1 aliphatic heterocycles. The van der Waals surface area contributed by atoms with E-state index in [4.69, 9.17) is 14.6 Å². The molecule has 1 atom stereocenters. The molecule has 0 amide bonds. The van der Waals surface area contributed by atoms with Gasteiger partial charge in [-0.2, -0.15) is 4.31 Å². The smallest absolute Gasteiger partial charge is 0.331 e. The summed E-state index contributed by atoms with van der Waals surface area (Å²) < 4.78 is 38.5. The Kier molecular flexibility index (Phi) is 6.66. The second kappa shape index (κ2) is 8.55. The summed E-state index contributed by atoms with van der Waals surface area (Å²) in [6.45, 7) is 4.06. The third-order valence-electron chi connectivity index (χ3n) is 4.40. The lowest BCUT2D eigenvalue weighted by molar-refractivity contribution is -0.131. The number of benzene rings is 1. The van der Waals surface area contributed by atoms with Crippen molar-refractivity contribution < 1.29 is 27.8 Å². The van der Waals surface area contributed by atoms with E-state index in [1.165, 1.54) is 4.31 Å². The third kappa shape index (κ3) is 4.56. The fourth-order valence-corrected chi connectivity index (χ4v) is 5.38. The van der Waals surface area contributed by atoms with Gasteiger partial charge in [0, 0.05) is 6.54 Å². The van der Waals surface area contributed by atoms with Crippen molar-refractivity contribution in [3.8, 4) is 5.75 Å². The summed E-state index contributed by atoms with van der Waals surface area (Å²) in [7, 11) is -2.15. The molecule has 1 heterocycles. The van der Waals surface area contributed by atoms with Crippen LogP contribution in [0.1, 0.15) is 30.4 Å². The van der Waals surface area contributed by atoms with E-state index >= 15 is 0 Å². The number of carboxylic acid groups (broad SMARTS) is 1. The molecule has 0 radical (unpaired) electrons. The van der Waals surface area contributed by atoms with Crippen LogP contribution in [0.2, 0.25) is 0 Å². The standard InChI is InChI=1S/C18H25NO6S/c1-13-10-16(24-3)11-14(2)18(13)26(22,23)19-8-5-4-6-15(19)12-25-9-7-17(20)21/h7,9-11,15H,4-6,8,12H2,1-3H3,(H,20,21). The van der Waals surface area contributed by atoms with Crippen molar-refractivity contribution in [1.82, 2.24) is 4.31 Å². The molecule has 1 aliphatic rings. The molecule has 0 spiro atoms. The zero-order valence-corrected chi connectivity index (χ0v) is 16.1. The van der Waals surface area contributed by atoms with Crippen molar-refractivity contribution in [3.05, 3.63) is 35.6 Å². The van der Waals surface area contributed by atoms with Crippen molar-refractivity contribution in [1.29, 1.82) is 0 Å². The zero-order chi connectivity index (χ0) is 19.3. The van der Waals surface area contributed by atoms with Crippen LogP contribution in [0.4, 0.5) is 0 Å². The Labute approximate surface area is 154 Å². The maximum absolute atomic E-state index is 13.3. The van der Waals surface area contributed by atoms with Gasteiger partial charge in [0.1, 0.15) is 12.4 Å². The molecule has 1 unspecified atom stereocenters. The monoisotopic (exact) mass is 383 g/mol. The van der Waals surface area contributed by atoms with E-state index in [1.54, 1.807) is 33.1 Å². The highest BCUT2D eigenvalue weighted by Gasteiger charge is 2.35. The van der Waals surface area contributed by atoms with Gasteiger partial charge in [-0.15, -0.1) is 0 Å². The van der Waals surface area contributed by atoms with Gasteiger partial charge in [-0.05, 0) is 49.9 Å². The summed E-state index contributed by atoms with van der Waals surface area (Å²) in [6.07, 6.45) is 4.34. The Hall–Kier alpha value is -2.06. The van der Waals surface area contributed by atoms with Crippen molar-refractivity contribution in [2.45, 2.75) is 44.0 Å². The molecule has 0 saturated carbocycles. The van der Waals surface area contributed by atoms with Crippen LogP contribution < -0.4 is 4.74 Å². The highest BCUT2D eigenvalue weighted by Crippen LogP contribution is 2.31. The summed E-state index contributed by atoms with van der Waals surface area (Å²) in [5, 5.41) is 8.60. The predicted molar refractivity (Wildman–Crippen MR) is 96.7 cm³/mol. The van der Waals surface area contributed by atoms with Gasteiger partial charge in [0.15, 0.2) is 0 Å². The van der Waals surface area contributed by atoms with E-state index in [1.807, 2.05) is 0 Å². The van der Waals surface area contributed by atoms with Crippen molar-refractivity contribution in [3.63, 3.8) is 0 Å². The number of nitrogens with zero attached hydrogens (tertiary/aromatic N) is 1. The van der Waals surface area contributed by atoms with Crippen LogP contribution in [0.15, 0.2) is 29.4 Å². The molecule has 1 aromatic carbocycles. The van der Waals surface area contributed by atoms with Crippen molar-refractivity contribution >= 4 is 16.0 Å². The first-order chi connectivity index (χ1) is 12.3. The number of aryl methyl sites for hydroxylation is 2. The molecule has 0 bridgehead atoms. The Morgan fingerprint density at radius 2 is 1.96 bits per heavy atom. The predicted octanol–water partition coefficient (Wildman–Crippen LogP) is 2.47. The molecule has 1 fully saturated rings. The second-order valence-electron chi connectivity index (χ2n) is 6.33. The number of hydrogen-bond donors (Lipinski definition) is 1. The summed E-state index contributed by atoms with van der Waals surface area (Å²) in [6, 6.07) is 3.10. The van der Waals surface area contributed by atoms with E-state index in [0.717, 1.165) is 25.2 Å². The van der Waals surface area contributed by atoms with Crippen LogP contribution in [0.25, 0.3) is 0 Å². The van der Waals surface area contributed by atoms with Gasteiger partial charge in [0.25, 0.3) is 0 Å². The van der Waals surface area contributed by atoms with E-state index in [9.17, 15) is 13.2 Å². The lowest BCUT2D eigenvalue weighted by Crippen LogP contribution is -2.46. The summed E-state index contributed by atoms with van der Waals surface area (Å²) in [5.74, 6) is -0.487. The topological polar surface area (TPSA) is 93.1 Å². The average molecular weight is 383 g/mol. The van der Waals surface area contributed by atoms with Gasteiger partial charge in [-0.3, -0.25) is 0 Å². The minimum atomic E-state index is -3.69. The molecule has 1 aromatic rings. The molecule has 7 nitrogen and oxygen atoms in total. The van der Waals surface area contributed by atoms with Crippen LogP contribution in [0.3, 0.4) is 0 Å². The quantitative estimate of drug-likeness (QED) is 0.574. The number of hydrogen-bond acceptors (Lipinski definition) is 5. The molecule has 0 aromatic heterocycles. The number of sulfonamides is 1. The number of methoxy groups -OCH3 is 1. The highest BCUT2D eigenvalue weighted by molar-refractivity contribution is 7.89. The van der Waals surface area contributed by atoms with E-state index < -0.39 is 16.0 Å². The molecular formula is C18H25NO6S. The van der Waals surface area contributed by atoms with Crippen molar-refractivity contribution in [2.24, 2.45) is 0 Å². The maximum Gasteiger partial charge on any atom is 0.331 e. The number of carboxylic acids is 1. The normalized spacial score (nSPS) is 18.8. The van der Waals surface area contributed by atoms with Gasteiger partial charge >= 0.3 is 5.97 Å². The summed E-state index contributed by atoms with van der Waals surface area (Å²) in [5.41, 5.74) is 1.27. The van der Waals surface area contributed by atoms with Gasteiger partial charge in [-0.25, -0.2) is 13.2 Å². The largest absolute Gasteiger partial charge is 0.499 e. The number of ether oxygens (including phenoxy) is 2. The lowest BCUT2D eigenvalue weighted by atomic mass is 10.1. The minimum Gasteiger partial charge on any atom is -0.499 e. The first-order valence-electron chi connectivity index (χ1n) is 8.45. The minimum absolute atomic E-state index is 0.122. The van der Waals surface area contributed by atoms with Gasteiger partial charge in [-0.1, -0.05) is 6.42 Å². The molecule has 2 rings (SSSR count). The van der Waals surface area contributed by atoms with Crippen molar-refractivity contribution in [2.75, 3.05) is 20.3 Å². The molecule has 8 heteroatoms. The van der Waals surface area contributed by atoms with Crippen LogP contribution >= 0.6 is 0 Å². The summed E-state index contributed by atoms with van der Waals surface area (Å²) >= 11 is 0. The Bertz CT molecular complexity index is 764.